The van der Waals surface area contributed by atoms with Gasteiger partial charge in [0.1, 0.15) is 0 Å². The Morgan fingerprint density at radius 1 is 1.71 bits per heavy atom. The molecule has 0 saturated carbocycles. The average Bonchev–Trinajstić information content (AvgIpc) is 1.63. The second-order valence-electron chi connectivity index (χ2n) is 1.31. The van der Waals surface area contributed by atoms with Crippen molar-refractivity contribution >= 4 is 0 Å². The first-order valence-electron chi connectivity index (χ1n) is 1.71. The normalized spacial score (nSPS) is 46.4. The fraction of sp³-hybridized carbons (Fsp3) is 0.500. The van der Waals surface area contributed by atoms with Gasteiger partial charge >= 0.3 is 5.85 Å². The van der Waals surface area contributed by atoms with E-state index in [1.165, 1.54) is 0 Å². The Labute approximate surface area is 39.0 Å². The molecule has 0 aliphatic heterocycles. The van der Waals surface area contributed by atoms with E-state index in [4.69, 9.17) is 5.11 Å². The summed E-state index contributed by atoms with van der Waals surface area (Å²) in [5.41, 5.74) is 0. The van der Waals surface area contributed by atoms with E-state index in [2.05, 4.69) is 0 Å². The molecule has 1 rings (SSSR count). The number of halogens is 2. The predicted molar refractivity (Wildman–Crippen MR) is 18.7 cm³/mol. The summed E-state index contributed by atoms with van der Waals surface area (Å²) in [6.07, 6.45) is -1.99. The Hall–Kier alpha value is -0.620. The third-order valence-electron chi connectivity index (χ3n) is 0.710. The van der Waals surface area contributed by atoms with Gasteiger partial charge in [0, 0.05) is 0 Å². The van der Waals surface area contributed by atoms with Crippen LogP contribution in [0.3, 0.4) is 0 Å². The van der Waals surface area contributed by atoms with Gasteiger partial charge in [0.2, 0.25) is 6.17 Å². The highest BCUT2D eigenvalue weighted by Crippen LogP contribution is 2.20. The van der Waals surface area contributed by atoms with Gasteiger partial charge in [-0.1, -0.05) is 5.92 Å². The lowest BCUT2D eigenvalue weighted by molar-refractivity contribution is -0.0853. The average molecular weight is 104 g/mol. The summed E-state index contributed by atoms with van der Waals surface area (Å²) in [6, 6.07) is 0. The van der Waals surface area contributed by atoms with Gasteiger partial charge in [-0.2, -0.15) is 4.39 Å². The summed E-state index contributed by atoms with van der Waals surface area (Å²) < 4.78 is 23.1. The van der Waals surface area contributed by atoms with Crippen molar-refractivity contribution in [1.82, 2.24) is 0 Å². The van der Waals surface area contributed by atoms with E-state index in [9.17, 15) is 8.78 Å². The second-order valence-corrected chi connectivity index (χ2v) is 1.31. The van der Waals surface area contributed by atoms with E-state index < -0.39 is 12.0 Å². The Morgan fingerprint density at radius 2 is 2.14 bits per heavy atom. The number of hydrogen-bond donors (Lipinski definition) is 1. The quantitative estimate of drug-likeness (QED) is 0.429. The molecule has 0 radical (unpaired) electrons. The van der Waals surface area contributed by atoms with Crippen molar-refractivity contribution in [2.75, 3.05) is 0 Å². The SMILES string of the molecule is OC1(F)C#CC1F. The molecule has 1 nitrogen and oxygen atoms in total. The van der Waals surface area contributed by atoms with Crippen LogP contribution in [0.15, 0.2) is 0 Å². The molecule has 0 saturated heterocycles. The molecule has 0 spiro atoms. The molecule has 2 unspecified atom stereocenters. The summed E-state index contributed by atoms with van der Waals surface area (Å²) in [5, 5.41) is 7.97. The fourth-order valence-corrected chi connectivity index (χ4v) is 0.246. The van der Waals surface area contributed by atoms with Crippen molar-refractivity contribution in [3.05, 3.63) is 0 Å². The summed E-state index contributed by atoms with van der Waals surface area (Å²) in [4.78, 5) is 0. The van der Waals surface area contributed by atoms with Crippen LogP contribution >= 0.6 is 0 Å². The Bertz CT molecular complexity index is 142. The van der Waals surface area contributed by atoms with Gasteiger partial charge in [-0.3, -0.25) is 0 Å². The van der Waals surface area contributed by atoms with Crippen LogP contribution in [-0.4, -0.2) is 17.1 Å². The molecule has 1 aliphatic carbocycles. The number of aliphatic hydroxyl groups is 1. The molecule has 0 fully saturated rings. The lowest BCUT2D eigenvalue weighted by atomic mass is 10.1. The lowest BCUT2D eigenvalue weighted by Crippen LogP contribution is -2.38. The zero-order valence-corrected chi connectivity index (χ0v) is 3.28. The maximum absolute atomic E-state index is 11.6. The highest BCUT2D eigenvalue weighted by molar-refractivity contribution is 5.30. The van der Waals surface area contributed by atoms with Crippen LogP contribution in [0.1, 0.15) is 0 Å². The van der Waals surface area contributed by atoms with Crippen molar-refractivity contribution < 1.29 is 13.9 Å². The van der Waals surface area contributed by atoms with E-state index in [0.29, 0.717) is 0 Å². The lowest BCUT2D eigenvalue weighted by Gasteiger charge is -2.17. The van der Waals surface area contributed by atoms with Crippen LogP contribution in [0, 0.1) is 11.8 Å². The predicted octanol–water partition coefficient (Wildman–Crippen LogP) is -0.000400. The molecule has 1 N–H and O–H groups in total. The first kappa shape index (κ1) is 4.54. The third kappa shape index (κ3) is 0.475. The highest BCUT2D eigenvalue weighted by Gasteiger charge is 2.40. The number of rotatable bonds is 0. The molecular weight excluding hydrogens is 102 g/mol. The topological polar surface area (TPSA) is 20.2 Å². The molecule has 2 atom stereocenters. The third-order valence-corrected chi connectivity index (χ3v) is 0.710. The molecule has 0 aromatic heterocycles. The molecule has 3 heteroatoms. The second kappa shape index (κ2) is 0.958. The Balaban J connectivity index is 2.73. The first-order valence-corrected chi connectivity index (χ1v) is 1.71. The minimum atomic E-state index is -2.85. The minimum Gasteiger partial charge on any atom is -0.349 e. The zero-order valence-electron chi connectivity index (χ0n) is 3.28. The van der Waals surface area contributed by atoms with E-state index in [-0.39, 0.29) is 0 Å². The summed E-state index contributed by atoms with van der Waals surface area (Å²) >= 11 is 0. The van der Waals surface area contributed by atoms with Gasteiger partial charge in [-0.15, -0.1) is 0 Å². The first-order chi connectivity index (χ1) is 3.13. The van der Waals surface area contributed by atoms with E-state index in [1.807, 2.05) is 0 Å². The van der Waals surface area contributed by atoms with Crippen molar-refractivity contribution in [2.45, 2.75) is 12.0 Å². The van der Waals surface area contributed by atoms with E-state index in [0.717, 1.165) is 0 Å². The molecule has 7 heavy (non-hydrogen) atoms. The maximum atomic E-state index is 11.6. The van der Waals surface area contributed by atoms with Crippen LogP contribution in [0.5, 0.6) is 0 Å². The Morgan fingerprint density at radius 3 is 2.14 bits per heavy atom. The molecule has 1 aliphatic rings. The maximum Gasteiger partial charge on any atom is 0.312 e. The standard InChI is InChI=1S/C4H2F2O/c5-3-1-2-4(3,6)7/h3,7H. The molecule has 38 valence electrons. The smallest absolute Gasteiger partial charge is 0.312 e. The molecule has 0 heterocycles. The van der Waals surface area contributed by atoms with Crippen molar-refractivity contribution in [3.8, 4) is 11.8 Å². The van der Waals surface area contributed by atoms with Gasteiger partial charge in [0.25, 0.3) is 0 Å². The van der Waals surface area contributed by atoms with Crippen molar-refractivity contribution in [2.24, 2.45) is 0 Å². The van der Waals surface area contributed by atoms with Crippen molar-refractivity contribution in [1.29, 1.82) is 0 Å². The van der Waals surface area contributed by atoms with Crippen LogP contribution in [0.25, 0.3) is 0 Å². The fourth-order valence-electron chi connectivity index (χ4n) is 0.246. The number of alkyl halides is 2. The van der Waals surface area contributed by atoms with Gasteiger partial charge in [0.05, 0.1) is 0 Å². The summed E-state index contributed by atoms with van der Waals surface area (Å²) in [6.45, 7) is 0. The monoisotopic (exact) mass is 104 g/mol. The van der Waals surface area contributed by atoms with Gasteiger partial charge in [-0.05, 0) is 5.92 Å². The Kier molecular flexibility index (Phi) is 0.621. The summed E-state index contributed by atoms with van der Waals surface area (Å²) in [7, 11) is 0. The molecule has 0 aromatic rings. The highest BCUT2D eigenvalue weighted by atomic mass is 19.2. The van der Waals surface area contributed by atoms with Gasteiger partial charge in [0.15, 0.2) is 0 Å². The number of hydrogen-bond acceptors (Lipinski definition) is 1. The van der Waals surface area contributed by atoms with Gasteiger partial charge < -0.3 is 5.11 Å². The molecule has 0 amide bonds. The largest absolute Gasteiger partial charge is 0.349 e. The minimum absolute atomic E-state index is 1.60. The van der Waals surface area contributed by atoms with Crippen LogP contribution < -0.4 is 0 Å². The zero-order chi connectivity index (χ0) is 5.49. The van der Waals surface area contributed by atoms with E-state index in [1.54, 1.807) is 11.8 Å². The van der Waals surface area contributed by atoms with E-state index >= 15 is 0 Å². The van der Waals surface area contributed by atoms with Crippen LogP contribution in [-0.2, 0) is 0 Å². The molecule has 0 bridgehead atoms. The molecule has 0 aromatic carbocycles. The molecular formula is C4H2F2O. The summed E-state index contributed by atoms with van der Waals surface area (Å²) in [5.74, 6) is 0.508. The van der Waals surface area contributed by atoms with Crippen LogP contribution in [0.4, 0.5) is 8.78 Å². The van der Waals surface area contributed by atoms with Crippen molar-refractivity contribution in [3.63, 3.8) is 0 Å². The van der Waals surface area contributed by atoms with Crippen LogP contribution in [0.2, 0.25) is 0 Å². The van der Waals surface area contributed by atoms with Gasteiger partial charge in [-0.25, -0.2) is 4.39 Å².